The second-order valence-electron chi connectivity index (χ2n) is 5.75. The normalized spacial score (nSPS) is 12.2. The Morgan fingerprint density at radius 3 is 2.67 bits per heavy atom. The van der Waals surface area contributed by atoms with Gasteiger partial charge >= 0.3 is 0 Å². The van der Waals surface area contributed by atoms with E-state index in [-0.39, 0.29) is 25.0 Å². The third-order valence-corrected chi connectivity index (χ3v) is 4.11. The minimum absolute atomic E-state index is 0.00840. The number of hydrogen-bond acceptors (Lipinski definition) is 5. The summed E-state index contributed by atoms with van der Waals surface area (Å²) in [4.78, 5) is 14.7. The number of anilines is 1. The van der Waals surface area contributed by atoms with E-state index in [2.05, 4.69) is 24.1 Å². The fourth-order valence-corrected chi connectivity index (χ4v) is 2.28. The third-order valence-electron chi connectivity index (χ3n) is 3.79. The molecule has 1 unspecified atom stereocenters. The van der Waals surface area contributed by atoms with E-state index in [1.54, 1.807) is 6.07 Å². The Kier molecular flexibility index (Phi) is 8.89. The number of aliphatic hydroxyl groups excluding tert-OH is 1. The SMILES string of the molecule is CCN(CC)CCNC(=O)c1cc(Cl)c(N)cc1OCC(C)CO. The molecule has 0 radical (unpaired) electrons. The average molecular weight is 358 g/mol. The molecule has 0 saturated carbocycles. The summed E-state index contributed by atoms with van der Waals surface area (Å²) in [5.41, 5.74) is 6.50. The van der Waals surface area contributed by atoms with Gasteiger partial charge < -0.3 is 25.8 Å². The molecule has 0 aliphatic heterocycles. The standard InChI is InChI=1S/C17H28ClN3O3/c1-4-21(5-2)7-6-20-17(23)13-8-14(18)15(19)9-16(13)24-11-12(3)10-22/h8-9,12,22H,4-7,10-11,19H2,1-3H3,(H,20,23). The van der Waals surface area contributed by atoms with Gasteiger partial charge in [-0.15, -0.1) is 0 Å². The van der Waals surface area contributed by atoms with E-state index in [0.29, 0.717) is 28.6 Å². The van der Waals surface area contributed by atoms with Gasteiger partial charge in [0.1, 0.15) is 5.75 Å². The largest absolute Gasteiger partial charge is 0.492 e. The Morgan fingerprint density at radius 1 is 1.42 bits per heavy atom. The minimum atomic E-state index is -0.254. The zero-order valence-electron chi connectivity index (χ0n) is 14.6. The van der Waals surface area contributed by atoms with Crippen molar-refractivity contribution in [2.24, 2.45) is 5.92 Å². The summed E-state index contributed by atoms with van der Waals surface area (Å²) in [5, 5.41) is 12.3. The molecule has 0 saturated heterocycles. The first kappa shape index (κ1) is 20.5. The quantitative estimate of drug-likeness (QED) is 0.557. The number of halogens is 1. The van der Waals surface area contributed by atoms with E-state index in [9.17, 15) is 4.79 Å². The number of nitrogens with one attached hydrogen (secondary N) is 1. The number of carbonyl (C=O) groups is 1. The van der Waals surface area contributed by atoms with Crippen molar-refractivity contribution in [3.63, 3.8) is 0 Å². The number of benzene rings is 1. The molecule has 1 atom stereocenters. The summed E-state index contributed by atoms with van der Waals surface area (Å²) < 4.78 is 5.65. The van der Waals surface area contributed by atoms with Crippen LogP contribution in [0.15, 0.2) is 12.1 Å². The van der Waals surface area contributed by atoms with Gasteiger partial charge in [-0.25, -0.2) is 0 Å². The van der Waals surface area contributed by atoms with E-state index in [0.717, 1.165) is 19.6 Å². The van der Waals surface area contributed by atoms with Crippen LogP contribution in [0.4, 0.5) is 5.69 Å². The average Bonchev–Trinajstić information content (AvgIpc) is 2.58. The Bertz CT molecular complexity index is 536. The molecule has 0 bridgehead atoms. The van der Waals surface area contributed by atoms with Crippen molar-refractivity contribution < 1.29 is 14.6 Å². The van der Waals surface area contributed by atoms with Crippen LogP contribution in [0.2, 0.25) is 5.02 Å². The van der Waals surface area contributed by atoms with Crippen LogP contribution < -0.4 is 15.8 Å². The highest BCUT2D eigenvalue weighted by Gasteiger charge is 2.16. The zero-order valence-corrected chi connectivity index (χ0v) is 15.4. The van der Waals surface area contributed by atoms with Crippen molar-refractivity contribution in [2.75, 3.05) is 45.1 Å². The number of hydrogen-bond donors (Lipinski definition) is 3. The van der Waals surface area contributed by atoms with Crippen LogP contribution in [0.3, 0.4) is 0 Å². The Morgan fingerprint density at radius 2 is 2.08 bits per heavy atom. The summed E-state index contributed by atoms with van der Waals surface area (Å²) >= 11 is 6.04. The maximum Gasteiger partial charge on any atom is 0.255 e. The topological polar surface area (TPSA) is 87.8 Å². The molecule has 0 heterocycles. The number of amides is 1. The smallest absolute Gasteiger partial charge is 0.255 e. The first-order chi connectivity index (χ1) is 11.4. The number of nitrogens with two attached hydrogens (primary N) is 1. The van der Waals surface area contributed by atoms with Gasteiger partial charge in [0.15, 0.2) is 0 Å². The molecular formula is C17H28ClN3O3. The van der Waals surface area contributed by atoms with E-state index in [1.165, 1.54) is 6.07 Å². The summed E-state index contributed by atoms with van der Waals surface area (Å²) in [5.74, 6) is 0.0775. The Balaban J connectivity index is 2.79. The summed E-state index contributed by atoms with van der Waals surface area (Å²) in [6.07, 6.45) is 0. The van der Waals surface area contributed by atoms with Crippen LogP contribution in [-0.2, 0) is 0 Å². The van der Waals surface area contributed by atoms with Crippen molar-refractivity contribution >= 4 is 23.2 Å². The van der Waals surface area contributed by atoms with Gasteiger partial charge in [0.25, 0.3) is 5.91 Å². The minimum Gasteiger partial charge on any atom is -0.492 e. The molecule has 0 spiro atoms. The molecule has 24 heavy (non-hydrogen) atoms. The summed E-state index contributed by atoms with van der Waals surface area (Å²) in [7, 11) is 0. The molecule has 0 aliphatic carbocycles. The number of rotatable bonds is 10. The third kappa shape index (κ3) is 6.19. The highest BCUT2D eigenvalue weighted by atomic mass is 35.5. The monoisotopic (exact) mass is 357 g/mol. The van der Waals surface area contributed by atoms with Crippen molar-refractivity contribution in [3.05, 3.63) is 22.7 Å². The lowest BCUT2D eigenvalue weighted by Crippen LogP contribution is -2.35. The van der Waals surface area contributed by atoms with Gasteiger partial charge in [0.05, 0.1) is 22.9 Å². The zero-order chi connectivity index (χ0) is 18.1. The molecule has 7 heteroatoms. The van der Waals surface area contributed by atoms with Crippen LogP contribution in [-0.4, -0.2) is 55.3 Å². The van der Waals surface area contributed by atoms with Gasteiger partial charge in [-0.05, 0) is 19.2 Å². The molecule has 4 N–H and O–H groups in total. The van der Waals surface area contributed by atoms with Gasteiger partial charge in [-0.3, -0.25) is 4.79 Å². The van der Waals surface area contributed by atoms with E-state index in [4.69, 9.17) is 27.2 Å². The second kappa shape index (κ2) is 10.4. The van der Waals surface area contributed by atoms with Crippen molar-refractivity contribution in [1.29, 1.82) is 0 Å². The van der Waals surface area contributed by atoms with Crippen LogP contribution in [0.25, 0.3) is 0 Å². The molecule has 1 aromatic carbocycles. The fraction of sp³-hybridized carbons (Fsp3) is 0.588. The number of aliphatic hydroxyl groups is 1. The highest BCUT2D eigenvalue weighted by Crippen LogP contribution is 2.29. The number of likely N-dealkylation sites (N-methyl/N-ethyl adjacent to an activating group) is 1. The van der Waals surface area contributed by atoms with Gasteiger partial charge in [-0.1, -0.05) is 32.4 Å². The fourth-order valence-electron chi connectivity index (χ4n) is 2.11. The Hall–Kier alpha value is -1.50. The van der Waals surface area contributed by atoms with Crippen LogP contribution in [0, 0.1) is 5.92 Å². The van der Waals surface area contributed by atoms with E-state index >= 15 is 0 Å². The number of nitrogens with zero attached hydrogens (tertiary/aromatic N) is 1. The molecule has 1 amide bonds. The van der Waals surface area contributed by atoms with Crippen molar-refractivity contribution in [1.82, 2.24) is 10.2 Å². The molecule has 0 aromatic heterocycles. The van der Waals surface area contributed by atoms with Crippen LogP contribution in [0.5, 0.6) is 5.75 Å². The lowest BCUT2D eigenvalue weighted by Gasteiger charge is -2.19. The molecule has 1 aromatic rings. The van der Waals surface area contributed by atoms with Gasteiger partial charge in [0.2, 0.25) is 0 Å². The molecule has 136 valence electrons. The molecular weight excluding hydrogens is 330 g/mol. The van der Waals surface area contributed by atoms with E-state index in [1.807, 2.05) is 6.92 Å². The summed E-state index contributed by atoms with van der Waals surface area (Å²) in [6.45, 7) is 9.50. The molecule has 6 nitrogen and oxygen atoms in total. The Labute approximate surface area is 148 Å². The summed E-state index contributed by atoms with van der Waals surface area (Å²) in [6, 6.07) is 3.06. The number of carbonyl (C=O) groups excluding carboxylic acids is 1. The first-order valence-electron chi connectivity index (χ1n) is 8.26. The molecule has 1 rings (SSSR count). The van der Waals surface area contributed by atoms with Gasteiger partial charge in [0, 0.05) is 31.7 Å². The predicted octanol–water partition coefficient (Wildman–Crippen LogP) is 2.00. The van der Waals surface area contributed by atoms with E-state index < -0.39 is 0 Å². The maximum absolute atomic E-state index is 12.4. The van der Waals surface area contributed by atoms with Gasteiger partial charge in [-0.2, -0.15) is 0 Å². The molecule has 0 fully saturated rings. The van der Waals surface area contributed by atoms with Crippen LogP contribution >= 0.6 is 11.6 Å². The number of ether oxygens (including phenoxy) is 1. The first-order valence-corrected chi connectivity index (χ1v) is 8.63. The lowest BCUT2D eigenvalue weighted by atomic mass is 10.1. The lowest BCUT2D eigenvalue weighted by molar-refractivity contribution is 0.0943. The maximum atomic E-state index is 12.4. The van der Waals surface area contributed by atoms with Crippen LogP contribution in [0.1, 0.15) is 31.1 Å². The highest BCUT2D eigenvalue weighted by molar-refractivity contribution is 6.33. The second-order valence-corrected chi connectivity index (χ2v) is 6.16. The molecule has 0 aliphatic rings. The van der Waals surface area contributed by atoms with Crippen molar-refractivity contribution in [2.45, 2.75) is 20.8 Å². The van der Waals surface area contributed by atoms with Crippen molar-refractivity contribution in [3.8, 4) is 5.75 Å². The predicted molar refractivity (Wildman–Crippen MR) is 97.7 cm³/mol. The number of nitrogen functional groups attached to an aromatic ring is 1.